The van der Waals surface area contributed by atoms with Gasteiger partial charge in [0.1, 0.15) is 33.3 Å². The Morgan fingerprint density at radius 1 is 1.18 bits per heavy atom. The summed E-state index contributed by atoms with van der Waals surface area (Å²) < 4.78 is 55.5. The average Bonchev–Trinajstić information content (AvgIpc) is 2.72. The monoisotopic (exact) mass is 282 g/mol. The van der Waals surface area contributed by atoms with E-state index in [0.29, 0.717) is 18.2 Å². The topological polar surface area (TPSA) is 57.2 Å². The lowest BCUT2D eigenvalue weighted by Gasteiger charge is -2.06. The molecule has 1 heterocycles. The standard InChI is InChI=1S/C6H4F2O3S.C4H8S/c7-4-1-2-6(5(8)3-4)12(9,10)11;1-2-4-5-3-1/h1-3H,(H,9,10,11);1-4H2. The molecule has 96 valence electrons. The summed E-state index contributed by atoms with van der Waals surface area (Å²) in [6, 6.07) is 1.63. The highest BCUT2D eigenvalue weighted by Crippen LogP contribution is 2.14. The fourth-order valence-corrected chi connectivity index (χ4v) is 2.89. The maximum absolute atomic E-state index is 12.5. The molecule has 0 amide bonds. The summed E-state index contributed by atoms with van der Waals surface area (Å²) >= 11 is 1.69. The molecule has 0 aliphatic carbocycles. The molecule has 17 heavy (non-hydrogen) atoms. The zero-order valence-electron chi connectivity index (χ0n) is 8.90. The number of rotatable bonds is 1. The van der Waals surface area contributed by atoms with Gasteiger partial charge in [-0.2, -0.15) is 0 Å². The Morgan fingerprint density at radius 3 is 2.12 bits per heavy atom. The van der Waals surface area contributed by atoms with Crippen molar-refractivity contribution >= 4 is 21.9 Å². The van der Waals surface area contributed by atoms with Crippen LogP contribution in [-0.4, -0.2) is 24.5 Å². The van der Waals surface area contributed by atoms with Crippen LogP contribution in [0, 0.1) is 11.6 Å². The Hall–Kier alpha value is -0.660. The third kappa shape index (κ3) is 5.01. The van der Waals surface area contributed by atoms with E-state index < -0.39 is 26.6 Å². The van der Waals surface area contributed by atoms with Crippen molar-refractivity contribution in [3.63, 3.8) is 0 Å². The molecule has 2 rings (SSSR count). The molecule has 1 saturated heterocycles. The van der Waals surface area contributed by atoms with Gasteiger partial charge in [0.25, 0.3) is 0 Å². The van der Waals surface area contributed by atoms with Crippen LogP contribution in [0.15, 0.2) is 23.1 Å². The van der Waals surface area contributed by atoms with Crippen LogP contribution < -0.4 is 0 Å². The predicted octanol–water partition coefficient (Wildman–Crippen LogP) is 1.46. The molecule has 1 aromatic carbocycles. The molecule has 0 saturated carbocycles. The van der Waals surface area contributed by atoms with Gasteiger partial charge >= 0.3 is 0 Å². The minimum absolute atomic E-state index is 0.338. The molecule has 0 spiro atoms. The van der Waals surface area contributed by atoms with Crippen molar-refractivity contribution in [2.24, 2.45) is 0 Å². The summed E-state index contributed by atoms with van der Waals surface area (Å²) in [6.45, 7) is 0. The van der Waals surface area contributed by atoms with E-state index in [9.17, 15) is 21.8 Å². The Balaban J connectivity index is 0.000000239. The fourth-order valence-electron chi connectivity index (χ4n) is 1.24. The molecule has 7 heteroatoms. The highest BCUT2D eigenvalue weighted by atomic mass is 32.2. The summed E-state index contributed by atoms with van der Waals surface area (Å²) in [5.74, 6) is 0.643. The van der Waals surface area contributed by atoms with Crippen LogP contribution in [-0.2, 0) is 21.9 Å². The van der Waals surface area contributed by atoms with Gasteiger partial charge in [0.15, 0.2) is 0 Å². The van der Waals surface area contributed by atoms with Gasteiger partial charge in [0, 0.05) is 6.07 Å². The van der Waals surface area contributed by atoms with E-state index in [1.54, 1.807) is 11.8 Å². The van der Waals surface area contributed by atoms with Crippen molar-refractivity contribution < 1.29 is 21.8 Å². The van der Waals surface area contributed by atoms with E-state index in [0.717, 1.165) is 0 Å². The van der Waals surface area contributed by atoms with Gasteiger partial charge in [0.2, 0.25) is 0 Å². The Morgan fingerprint density at radius 2 is 1.76 bits per heavy atom. The van der Waals surface area contributed by atoms with E-state index in [1.165, 1.54) is 24.3 Å². The van der Waals surface area contributed by atoms with E-state index in [-0.39, 0.29) is 0 Å². The van der Waals surface area contributed by atoms with Crippen molar-refractivity contribution in [3.05, 3.63) is 29.8 Å². The van der Waals surface area contributed by atoms with Gasteiger partial charge in [-0.25, -0.2) is 17.2 Å². The van der Waals surface area contributed by atoms with Crippen LogP contribution in [0.1, 0.15) is 12.8 Å². The molecule has 1 aromatic rings. The highest BCUT2D eigenvalue weighted by Gasteiger charge is 2.08. The van der Waals surface area contributed by atoms with Crippen LogP contribution in [0.25, 0.3) is 0 Å². The van der Waals surface area contributed by atoms with Gasteiger partial charge in [-0.05, 0) is 36.7 Å². The summed E-state index contributed by atoms with van der Waals surface area (Å²) in [5, 5.41) is 0. The van der Waals surface area contributed by atoms with E-state index in [2.05, 4.69) is 0 Å². The molecule has 1 aliphatic heterocycles. The lowest BCUT2D eigenvalue weighted by atomic mass is 10.3. The Bertz CT molecular complexity index is 463. The Kier molecular flexibility index (Phi) is 5.35. The quantitative estimate of drug-likeness (QED) is 0.445. The van der Waals surface area contributed by atoms with E-state index >= 15 is 0 Å². The maximum Gasteiger partial charge on any atom is 0.143 e. The van der Waals surface area contributed by atoms with Crippen LogP contribution in [0.5, 0.6) is 0 Å². The van der Waals surface area contributed by atoms with Gasteiger partial charge in [-0.3, -0.25) is 0 Å². The molecule has 0 unspecified atom stereocenters. The largest absolute Gasteiger partial charge is 0.744 e. The smallest absolute Gasteiger partial charge is 0.143 e. The second-order valence-corrected chi connectivity index (χ2v) is 6.10. The molecule has 1 aliphatic rings. The number of hydrogen-bond acceptors (Lipinski definition) is 3. The SMILES string of the molecule is C1CC[SH+]C1.O=S(=O)([O-])c1ccc(F)cc1F. The predicted molar refractivity (Wildman–Crippen MR) is 62.0 cm³/mol. The van der Waals surface area contributed by atoms with Crippen LogP contribution in [0.3, 0.4) is 0 Å². The first-order chi connectivity index (χ1) is 7.91. The summed E-state index contributed by atoms with van der Waals surface area (Å²) in [7, 11) is -4.84. The lowest BCUT2D eigenvalue weighted by molar-refractivity contribution is 0.453. The normalized spacial score (nSPS) is 15.2. The summed E-state index contributed by atoms with van der Waals surface area (Å²) in [6.07, 6.45) is 2.98. The number of benzene rings is 1. The lowest BCUT2D eigenvalue weighted by Crippen LogP contribution is -2.01. The average molecular weight is 282 g/mol. The third-order valence-corrected chi connectivity index (χ3v) is 4.18. The van der Waals surface area contributed by atoms with Crippen molar-refractivity contribution in [3.8, 4) is 0 Å². The molecule has 1 fully saturated rings. The molecule has 0 aromatic heterocycles. The maximum atomic E-state index is 12.5. The molecule has 0 N–H and O–H groups in total. The van der Waals surface area contributed by atoms with Gasteiger partial charge in [-0.1, -0.05) is 0 Å². The van der Waals surface area contributed by atoms with Crippen LogP contribution in [0.2, 0.25) is 0 Å². The molecule has 3 nitrogen and oxygen atoms in total. The van der Waals surface area contributed by atoms with Crippen molar-refractivity contribution in [2.45, 2.75) is 17.7 Å². The Labute approximate surface area is 103 Å². The number of thiol groups is 1. The van der Waals surface area contributed by atoms with Crippen LogP contribution in [0.4, 0.5) is 8.78 Å². The zero-order chi connectivity index (χ0) is 12.9. The summed E-state index contributed by atoms with van der Waals surface area (Å²) in [4.78, 5) is -1.04. The zero-order valence-corrected chi connectivity index (χ0v) is 10.6. The minimum atomic E-state index is -4.84. The second-order valence-electron chi connectivity index (χ2n) is 3.41. The van der Waals surface area contributed by atoms with Crippen LogP contribution >= 0.6 is 0 Å². The number of hydrogen-bond donors (Lipinski definition) is 0. The fraction of sp³-hybridized carbons (Fsp3) is 0.400. The van der Waals surface area contributed by atoms with Gasteiger partial charge < -0.3 is 4.55 Å². The van der Waals surface area contributed by atoms with E-state index in [4.69, 9.17) is 0 Å². The highest BCUT2D eigenvalue weighted by molar-refractivity contribution is 7.85. The molecular formula is C10H12F2O3S2. The first kappa shape index (κ1) is 14.4. The molecule has 0 radical (unpaired) electrons. The van der Waals surface area contributed by atoms with Gasteiger partial charge in [-0.15, -0.1) is 0 Å². The molecular weight excluding hydrogens is 270 g/mol. The van der Waals surface area contributed by atoms with Crippen molar-refractivity contribution in [1.29, 1.82) is 0 Å². The second kappa shape index (κ2) is 6.32. The summed E-state index contributed by atoms with van der Waals surface area (Å²) in [5.41, 5.74) is 0. The minimum Gasteiger partial charge on any atom is -0.744 e. The first-order valence-corrected chi connectivity index (χ1v) is 7.63. The number of halogens is 2. The molecule has 0 atom stereocenters. The van der Waals surface area contributed by atoms with Gasteiger partial charge in [0.05, 0.1) is 4.90 Å². The first-order valence-electron chi connectivity index (χ1n) is 4.95. The van der Waals surface area contributed by atoms with Crippen molar-refractivity contribution in [1.82, 2.24) is 0 Å². The van der Waals surface area contributed by atoms with Crippen molar-refractivity contribution in [2.75, 3.05) is 11.5 Å². The van der Waals surface area contributed by atoms with E-state index in [1.807, 2.05) is 0 Å². The molecule has 0 bridgehead atoms. The third-order valence-electron chi connectivity index (χ3n) is 2.05.